The molecule has 2 aliphatic heterocycles. The lowest BCUT2D eigenvalue weighted by atomic mass is 10.1. The number of carbonyl (C=O) groups excluding carboxylic acids is 2. The summed E-state index contributed by atoms with van der Waals surface area (Å²) in [6, 6.07) is -0.0146. The number of likely N-dealkylation sites (tertiary alicyclic amines) is 1. The average Bonchev–Trinajstić information content (AvgIpc) is 3.31. The minimum absolute atomic E-state index is 0.0146. The van der Waals surface area contributed by atoms with E-state index in [4.69, 9.17) is 4.52 Å². The largest absolute Gasteiger partial charge is 0.361 e. The molecule has 2 aliphatic rings. The number of aromatic nitrogens is 1. The van der Waals surface area contributed by atoms with E-state index in [9.17, 15) is 9.59 Å². The summed E-state index contributed by atoms with van der Waals surface area (Å²) >= 11 is 0. The van der Waals surface area contributed by atoms with Gasteiger partial charge in [-0.1, -0.05) is 5.16 Å². The Morgan fingerprint density at radius 3 is 2.37 bits per heavy atom. The van der Waals surface area contributed by atoms with Crippen molar-refractivity contribution in [3.63, 3.8) is 0 Å². The van der Waals surface area contributed by atoms with Gasteiger partial charge in [0.15, 0.2) is 0 Å². The molecule has 3 rings (SSSR count). The Morgan fingerprint density at radius 2 is 1.74 bits per heavy atom. The highest BCUT2D eigenvalue weighted by atomic mass is 16.5. The molecule has 150 valence electrons. The van der Waals surface area contributed by atoms with E-state index < -0.39 is 0 Å². The molecule has 1 aromatic rings. The van der Waals surface area contributed by atoms with Crippen LogP contribution in [0.4, 0.5) is 4.79 Å². The Morgan fingerprint density at radius 1 is 1.04 bits per heavy atom. The standard InChI is InChI=1S/C19H31N5O3/c1-15-17(16(2)27-21-15)6-5-7-20-19(26)24-12-10-22(11-13-24)14-18(25)23-8-3-4-9-23/h3-14H2,1-2H3,(H,20,26). The number of piperazine rings is 1. The number of amides is 3. The topological polar surface area (TPSA) is 81.9 Å². The highest BCUT2D eigenvalue weighted by Crippen LogP contribution is 2.14. The molecule has 2 fully saturated rings. The van der Waals surface area contributed by atoms with Crippen LogP contribution in [0.2, 0.25) is 0 Å². The Kier molecular flexibility index (Phi) is 6.71. The second-order valence-electron chi connectivity index (χ2n) is 7.49. The van der Waals surface area contributed by atoms with Crippen LogP contribution in [0.3, 0.4) is 0 Å². The van der Waals surface area contributed by atoms with E-state index in [0.717, 1.165) is 68.9 Å². The minimum Gasteiger partial charge on any atom is -0.361 e. The van der Waals surface area contributed by atoms with Crippen molar-refractivity contribution in [2.45, 2.75) is 39.5 Å². The van der Waals surface area contributed by atoms with Crippen molar-refractivity contribution >= 4 is 11.9 Å². The van der Waals surface area contributed by atoms with Gasteiger partial charge in [0.1, 0.15) is 5.76 Å². The van der Waals surface area contributed by atoms with E-state index in [1.165, 1.54) is 0 Å². The van der Waals surface area contributed by atoms with Crippen molar-refractivity contribution in [3.05, 3.63) is 17.0 Å². The molecule has 1 aromatic heterocycles. The molecular formula is C19H31N5O3. The Balaban J connectivity index is 1.32. The maximum atomic E-state index is 12.3. The van der Waals surface area contributed by atoms with E-state index >= 15 is 0 Å². The molecule has 3 heterocycles. The fourth-order valence-corrected chi connectivity index (χ4v) is 3.80. The second-order valence-corrected chi connectivity index (χ2v) is 7.49. The van der Waals surface area contributed by atoms with Crippen molar-refractivity contribution in [2.75, 3.05) is 52.4 Å². The van der Waals surface area contributed by atoms with Gasteiger partial charge in [0.25, 0.3) is 0 Å². The van der Waals surface area contributed by atoms with Gasteiger partial charge in [-0.25, -0.2) is 4.79 Å². The summed E-state index contributed by atoms with van der Waals surface area (Å²) < 4.78 is 5.16. The summed E-state index contributed by atoms with van der Waals surface area (Å²) in [5.74, 6) is 1.09. The highest BCUT2D eigenvalue weighted by Gasteiger charge is 2.25. The summed E-state index contributed by atoms with van der Waals surface area (Å²) in [4.78, 5) is 30.5. The molecule has 0 aromatic carbocycles. The summed E-state index contributed by atoms with van der Waals surface area (Å²) in [6.07, 6.45) is 3.96. The van der Waals surface area contributed by atoms with Crippen molar-refractivity contribution in [2.24, 2.45) is 0 Å². The lowest BCUT2D eigenvalue weighted by Gasteiger charge is -2.35. The van der Waals surface area contributed by atoms with E-state index in [1.807, 2.05) is 23.6 Å². The van der Waals surface area contributed by atoms with Crippen LogP contribution in [0.25, 0.3) is 0 Å². The quantitative estimate of drug-likeness (QED) is 0.753. The van der Waals surface area contributed by atoms with Gasteiger partial charge in [-0.05, 0) is 39.5 Å². The van der Waals surface area contributed by atoms with E-state index in [-0.39, 0.29) is 11.9 Å². The molecule has 8 nitrogen and oxygen atoms in total. The number of nitrogens with zero attached hydrogens (tertiary/aromatic N) is 4. The maximum Gasteiger partial charge on any atom is 0.317 e. The number of aryl methyl sites for hydroxylation is 2. The molecule has 3 amide bonds. The first-order valence-electron chi connectivity index (χ1n) is 9.99. The van der Waals surface area contributed by atoms with Gasteiger partial charge in [0, 0.05) is 51.4 Å². The van der Waals surface area contributed by atoms with Gasteiger partial charge in [0.2, 0.25) is 5.91 Å². The third kappa shape index (κ3) is 5.22. The molecule has 8 heteroatoms. The fourth-order valence-electron chi connectivity index (χ4n) is 3.80. The van der Waals surface area contributed by atoms with Crippen LogP contribution in [-0.4, -0.2) is 84.2 Å². The third-order valence-corrected chi connectivity index (χ3v) is 5.54. The molecule has 27 heavy (non-hydrogen) atoms. The van der Waals surface area contributed by atoms with Crippen LogP contribution in [-0.2, 0) is 11.2 Å². The smallest absolute Gasteiger partial charge is 0.317 e. The monoisotopic (exact) mass is 377 g/mol. The summed E-state index contributed by atoms with van der Waals surface area (Å²) in [7, 11) is 0. The van der Waals surface area contributed by atoms with Crippen LogP contribution in [0.15, 0.2) is 4.52 Å². The van der Waals surface area contributed by atoms with Crippen LogP contribution in [0.5, 0.6) is 0 Å². The summed E-state index contributed by atoms with van der Waals surface area (Å²) in [6.45, 7) is 9.62. The number of hydrogen-bond donors (Lipinski definition) is 1. The van der Waals surface area contributed by atoms with Gasteiger partial charge >= 0.3 is 6.03 Å². The van der Waals surface area contributed by atoms with Crippen molar-refractivity contribution in [1.82, 2.24) is 25.2 Å². The van der Waals surface area contributed by atoms with Crippen LogP contribution >= 0.6 is 0 Å². The van der Waals surface area contributed by atoms with Crippen molar-refractivity contribution in [1.29, 1.82) is 0 Å². The zero-order chi connectivity index (χ0) is 19.2. The zero-order valence-corrected chi connectivity index (χ0v) is 16.5. The predicted octanol–water partition coefficient (Wildman–Crippen LogP) is 1.17. The molecule has 0 unspecified atom stereocenters. The van der Waals surface area contributed by atoms with Gasteiger partial charge in [-0.3, -0.25) is 9.69 Å². The van der Waals surface area contributed by atoms with Crippen molar-refractivity contribution in [3.8, 4) is 0 Å². The third-order valence-electron chi connectivity index (χ3n) is 5.54. The van der Waals surface area contributed by atoms with Crippen LogP contribution in [0, 0.1) is 13.8 Å². The number of carbonyl (C=O) groups is 2. The average molecular weight is 377 g/mol. The van der Waals surface area contributed by atoms with Gasteiger partial charge in [-0.2, -0.15) is 0 Å². The van der Waals surface area contributed by atoms with Gasteiger partial charge < -0.3 is 19.6 Å². The van der Waals surface area contributed by atoms with Crippen LogP contribution in [0.1, 0.15) is 36.3 Å². The Bertz CT molecular complexity index is 626. The minimum atomic E-state index is -0.0146. The fraction of sp³-hybridized carbons (Fsp3) is 0.737. The first-order valence-corrected chi connectivity index (χ1v) is 9.99. The normalized spacial score (nSPS) is 18.1. The molecule has 0 bridgehead atoms. The Hall–Kier alpha value is -2.09. The number of nitrogens with one attached hydrogen (secondary N) is 1. The summed E-state index contributed by atoms with van der Waals surface area (Å²) in [5, 5.41) is 6.95. The maximum absolute atomic E-state index is 12.3. The highest BCUT2D eigenvalue weighted by molar-refractivity contribution is 5.78. The van der Waals surface area contributed by atoms with E-state index in [0.29, 0.717) is 26.2 Å². The van der Waals surface area contributed by atoms with E-state index in [2.05, 4.69) is 15.4 Å². The zero-order valence-electron chi connectivity index (χ0n) is 16.5. The number of hydrogen-bond acceptors (Lipinski definition) is 5. The SMILES string of the molecule is Cc1noc(C)c1CCCNC(=O)N1CCN(CC(=O)N2CCCC2)CC1. The molecule has 2 saturated heterocycles. The predicted molar refractivity (Wildman–Crippen MR) is 102 cm³/mol. The van der Waals surface area contributed by atoms with Crippen molar-refractivity contribution < 1.29 is 14.1 Å². The second kappa shape index (κ2) is 9.21. The molecular weight excluding hydrogens is 346 g/mol. The summed E-state index contributed by atoms with van der Waals surface area (Å²) in [5.41, 5.74) is 2.07. The van der Waals surface area contributed by atoms with Gasteiger partial charge in [0.05, 0.1) is 12.2 Å². The molecule has 0 atom stereocenters. The lowest BCUT2D eigenvalue weighted by Crippen LogP contribution is -2.53. The molecule has 0 aliphatic carbocycles. The van der Waals surface area contributed by atoms with Gasteiger partial charge in [-0.15, -0.1) is 0 Å². The first-order chi connectivity index (χ1) is 13.0. The van der Waals surface area contributed by atoms with Crippen LogP contribution < -0.4 is 5.32 Å². The molecule has 1 N–H and O–H groups in total. The number of rotatable bonds is 6. The molecule has 0 spiro atoms. The number of urea groups is 1. The Labute approximate surface area is 160 Å². The van der Waals surface area contributed by atoms with E-state index in [1.54, 1.807) is 0 Å². The molecule has 0 radical (unpaired) electrons. The lowest BCUT2D eigenvalue weighted by molar-refractivity contribution is -0.131. The first kappa shape index (κ1) is 19.7. The molecule has 0 saturated carbocycles.